The van der Waals surface area contributed by atoms with Crippen molar-refractivity contribution in [2.75, 3.05) is 20.8 Å². The molecule has 0 spiro atoms. The van der Waals surface area contributed by atoms with Crippen LogP contribution in [-0.2, 0) is 16.6 Å². The predicted octanol–water partition coefficient (Wildman–Crippen LogP) is 1.83. The van der Waals surface area contributed by atoms with Gasteiger partial charge in [-0.2, -0.15) is 13.1 Å². The lowest BCUT2D eigenvalue weighted by Gasteiger charge is -2.18. The molecule has 1 aliphatic heterocycles. The van der Waals surface area contributed by atoms with Crippen molar-refractivity contribution in [1.29, 1.82) is 0 Å². The van der Waals surface area contributed by atoms with Crippen LogP contribution in [0.15, 0.2) is 18.2 Å². The first kappa shape index (κ1) is 15.0. The topological polar surface area (TPSA) is 55.8 Å². The van der Waals surface area contributed by atoms with Gasteiger partial charge in [-0.1, -0.05) is 6.07 Å². The standard InChI is InChI=1S/C12H15F2NO4S/c1-18-10-4-3-9(11(7-10)19-2)8-15-6-5-12(13,14)20(15,16)17/h3-4,7H,5-6,8H2,1-2H3. The van der Waals surface area contributed by atoms with Crippen molar-refractivity contribution in [3.63, 3.8) is 0 Å². The van der Waals surface area contributed by atoms with Crippen molar-refractivity contribution in [1.82, 2.24) is 4.31 Å². The second kappa shape index (κ2) is 5.17. The second-order valence-electron chi connectivity index (χ2n) is 4.40. The summed E-state index contributed by atoms with van der Waals surface area (Å²) in [6, 6.07) is 4.80. The summed E-state index contributed by atoms with van der Waals surface area (Å²) < 4.78 is 60.8. The van der Waals surface area contributed by atoms with E-state index in [1.807, 2.05) is 0 Å². The van der Waals surface area contributed by atoms with Gasteiger partial charge in [0.05, 0.1) is 14.2 Å². The smallest absolute Gasteiger partial charge is 0.360 e. The quantitative estimate of drug-likeness (QED) is 0.851. The Morgan fingerprint density at radius 1 is 1.30 bits per heavy atom. The Morgan fingerprint density at radius 3 is 2.50 bits per heavy atom. The van der Waals surface area contributed by atoms with E-state index in [-0.39, 0.29) is 13.1 Å². The molecule has 2 rings (SSSR count). The number of alkyl halides is 2. The summed E-state index contributed by atoms with van der Waals surface area (Å²) in [5.74, 6) is 0.940. The molecule has 0 N–H and O–H groups in total. The number of hydrogen-bond donors (Lipinski definition) is 0. The number of benzene rings is 1. The largest absolute Gasteiger partial charge is 0.497 e. The van der Waals surface area contributed by atoms with E-state index < -0.39 is 21.7 Å². The van der Waals surface area contributed by atoms with Gasteiger partial charge in [-0.05, 0) is 6.07 Å². The number of nitrogens with zero attached hydrogens (tertiary/aromatic N) is 1. The summed E-state index contributed by atoms with van der Waals surface area (Å²) in [4.78, 5) is 0. The van der Waals surface area contributed by atoms with Crippen molar-refractivity contribution in [2.45, 2.75) is 18.2 Å². The minimum absolute atomic E-state index is 0.148. The summed E-state index contributed by atoms with van der Waals surface area (Å²) in [7, 11) is -1.68. The maximum Gasteiger partial charge on any atom is 0.360 e. The normalized spacial score (nSPS) is 20.8. The molecule has 1 aromatic rings. The molecule has 1 saturated heterocycles. The van der Waals surface area contributed by atoms with Crippen LogP contribution in [0.5, 0.6) is 11.5 Å². The molecule has 1 fully saturated rings. The fourth-order valence-corrected chi connectivity index (χ4v) is 3.40. The third-order valence-corrected chi connectivity index (χ3v) is 5.16. The minimum Gasteiger partial charge on any atom is -0.497 e. The molecule has 0 unspecified atom stereocenters. The van der Waals surface area contributed by atoms with E-state index in [1.54, 1.807) is 18.2 Å². The molecular weight excluding hydrogens is 292 g/mol. The van der Waals surface area contributed by atoms with Gasteiger partial charge in [0, 0.05) is 31.1 Å². The van der Waals surface area contributed by atoms with Crippen LogP contribution >= 0.6 is 0 Å². The van der Waals surface area contributed by atoms with E-state index >= 15 is 0 Å². The first-order valence-electron chi connectivity index (χ1n) is 5.90. The van der Waals surface area contributed by atoms with E-state index in [1.165, 1.54) is 14.2 Å². The highest BCUT2D eigenvalue weighted by molar-refractivity contribution is 7.90. The zero-order valence-electron chi connectivity index (χ0n) is 11.1. The van der Waals surface area contributed by atoms with Gasteiger partial charge in [-0.15, -0.1) is 0 Å². The molecule has 8 heteroatoms. The molecule has 112 valence electrons. The Hall–Kier alpha value is -1.41. The van der Waals surface area contributed by atoms with Gasteiger partial charge in [0.1, 0.15) is 11.5 Å². The van der Waals surface area contributed by atoms with Gasteiger partial charge in [0.2, 0.25) is 0 Å². The molecule has 1 aromatic carbocycles. The molecule has 0 aromatic heterocycles. The monoisotopic (exact) mass is 307 g/mol. The Bertz CT molecular complexity index is 603. The SMILES string of the molecule is COc1ccc(CN2CCC(F)(F)S2(=O)=O)c(OC)c1. The van der Waals surface area contributed by atoms with E-state index in [2.05, 4.69) is 0 Å². The fourth-order valence-electron chi connectivity index (χ4n) is 2.03. The molecule has 0 bridgehead atoms. The van der Waals surface area contributed by atoms with Gasteiger partial charge >= 0.3 is 5.25 Å². The first-order valence-corrected chi connectivity index (χ1v) is 7.34. The molecule has 0 aliphatic carbocycles. The van der Waals surface area contributed by atoms with E-state index in [4.69, 9.17) is 9.47 Å². The molecular formula is C12H15F2NO4S. The van der Waals surface area contributed by atoms with Crippen molar-refractivity contribution in [3.8, 4) is 11.5 Å². The summed E-state index contributed by atoms with van der Waals surface area (Å²) in [5.41, 5.74) is 0.509. The zero-order valence-corrected chi connectivity index (χ0v) is 11.9. The van der Waals surface area contributed by atoms with E-state index in [0.29, 0.717) is 17.1 Å². The van der Waals surface area contributed by atoms with Crippen LogP contribution in [0.1, 0.15) is 12.0 Å². The number of ether oxygens (including phenoxy) is 2. The van der Waals surface area contributed by atoms with Gasteiger partial charge < -0.3 is 9.47 Å². The molecule has 20 heavy (non-hydrogen) atoms. The molecule has 1 heterocycles. The number of halogens is 2. The fraction of sp³-hybridized carbons (Fsp3) is 0.500. The van der Waals surface area contributed by atoms with Crippen molar-refractivity contribution in [3.05, 3.63) is 23.8 Å². The second-order valence-corrected chi connectivity index (χ2v) is 6.47. The summed E-state index contributed by atoms with van der Waals surface area (Å²) >= 11 is 0. The van der Waals surface area contributed by atoms with Crippen LogP contribution in [0.4, 0.5) is 8.78 Å². The highest BCUT2D eigenvalue weighted by Gasteiger charge is 2.54. The van der Waals surface area contributed by atoms with E-state index in [0.717, 1.165) is 4.31 Å². The maximum absolute atomic E-state index is 13.3. The van der Waals surface area contributed by atoms with Crippen molar-refractivity contribution < 1.29 is 26.7 Å². The lowest BCUT2D eigenvalue weighted by atomic mass is 10.2. The lowest BCUT2D eigenvalue weighted by Crippen LogP contribution is -2.32. The Labute approximate surface area is 116 Å². The summed E-state index contributed by atoms with van der Waals surface area (Å²) in [6.07, 6.45) is -0.687. The van der Waals surface area contributed by atoms with Crippen LogP contribution in [-0.4, -0.2) is 38.7 Å². The van der Waals surface area contributed by atoms with Crippen LogP contribution in [0, 0.1) is 0 Å². The lowest BCUT2D eigenvalue weighted by molar-refractivity contribution is 0.0951. The summed E-state index contributed by atoms with van der Waals surface area (Å²) in [5, 5.41) is -3.69. The highest BCUT2D eigenvalue weighted by Crippen LogP contribution is 2.37. The van der Waals surface area contributed by atoms with Gasteiger partial charge in [-0.25, -0.2) is 8.42 Å². The van der Waals surface area contributed by atoms with Crippen LogP contribution in [0.3, 0.4) is 0 Å². The molecule has 0 saturated carbocycles. The van der Waals surface area contributed by atoms with Crippen LogP contribution < -0.4 is 9.47 Å². The third kappa shape index (κ3) is 2.45. The van der Waals surface area contributed by atoms with E-state index in [9.17, 15) is 17.2 Å². The molecule has 0 radical (unpaired) electrons. The minimum atomic E-state index is -4.59. The molecule has 5 nitrogen and oxygen atoms in total. The molecule has 1 aliphatic rings. The Kier molecular flexibility index (Phi) is 3.88. The molecule has 0 amide bonds. The predicted molar refractivity (Wildman–Crippen MR) is 68.4 cm³/mol. The van der Waals surface area contributed by atoms with Gasteiger partial charge in [-0.3, -0.25) is 0 Å². The zero-order chi connectivity index (χ0) is 15.0. The highest BCUT2D eigenvalue weighted by atomic mass is 32.2. The Balaban J connectivity index is 2.28. The van der Waals surface area contributed by atoms with Crippen molar-refractivity contribution in [2.24, 2.45) is 0 Å². The average molecular weight is 307 g/mol. The number of rotatable bonds is 4. The molecule has 0 atom stereocenters. The average Bonchev–Trinajstić information content (AvgIpc) is 2.61. The maximum atomic E-state index is 13.3. The van der Waals surface area contributed by atoms with Crippen LogP contribution in [0.2, 0.25) is 0 Å². The number of methoxy groups -OCH3 is 2. The first-order chi connectivity index (χ1) is 9.31. The number of hydrogen-bond acceptors (Lipinski definition) is 4. The van der Waals surface area contributed by atoms with Gasteiger partial charge in [0.25, 0.3) is 10.0 Å². The van der Waals surface area contributed by atoms with Crippen LogP contribution in [0.25, 0.3) is 0 Å². The third-order valence-electron chi connectivity index (χ3n) is 3.21. The van der Waals surface area contributed by atoms with Crippen molar-refractivity contribution >= 4 is 10.0 Å². The summed E-state index contributed by atoms with van der Waals surface area (Å²) in [6.45, 7) is -0.352. The van der Waals surface area contributed by atoms with Gasteiger partial charge in [0.15, 0.2) is 0 Å². The number of sulfonamides is 1. The Morgan fingerprint density at radius 2 is 2.00 bits per heavy atom.